The fourth-order valence-corrected chi connectivity index (χ4v) is 1.16. The summed E-state index contributed by atoms with van der Waals surface area (Å²) in [5.41, 5.74) is 6.23. The summed E-state index contributed by atoms with van der Waals surface area (Å²) in [5.74, 6) is 0.708. The molecule has 1 aromatic rings. The van der Waals surface area contributed by atoms with Crippen molar-refractivity contribution in [3.05, 3.63) is 23.8 Å². The van der Waals surface area contributed by atoms with Crippen LogP contribution < -0.4 is 10.5 Å². The van der Waals surface area contributed by atoms with E-state index in [4.69, 9.17) is 15.7 Å². The van der Waals surface area contributed by atoms with Crippen molar-refractivity contribution in [2.24, 2.45) is 5.73 Å². The third kappa shape index (κ3) is 3.31. The molecule has 5 heteroatoms. The second-order valence-corrected chi connectivity index (χ2v) is 2.89. The number of nitrogens with zero attached hydrogens (tertiary/aromatic N) is 1. The first kappa shape index (κ1) is 13.6. The molecule has 0 fully saturated rings. The standard InChI is InChI=1S/C10H12N2O2.ClH/c1-14-7-2-3-10(13)8(6-7)9(12)4-5-11;/h2-3,6,9,13H,4,12H2,1H3;1H/t9-;/m1./s1. The van der Waals surface area contributed by atoms with Gasteiger partial charge >= 0.3 is 0 Å². The van der Waals surface area contributed by atoms with Crippen LogP contribution in [0.5, 0.6) is 11.5 Å². The third-order valence-corrected chi connectivity index (χ3v) is 1.95. The number of halogens is 1. The fraction of sp³-hybridized carbons (Fsp3) is 0.300. The first-order valence-electron chi connectivity index (χ1n) is 4.18. The van der Waals surface area contributed by atoms with Crippen LogP contribution in [0.25, 0.3) is 0 Å². The molecular weight excluding hydrogens is 216 g/mol. The van der Waals surface area contributed by atoms with Crippen molar-refractivity contribution in [1.82, 2.24) is 0 Å². The number of aromatic hydroxyl groups is 1. The van der Waals surface area contributed by atoms with Gasteiger partial charge in [0.05, 0.1) is 19.6 Å². The zero-order valence-corrected chi connectivity index (χ0v) is 9.12. The van der Waals surface area contributed by atoms with Gasteiger partial charge < -0.3 is 15.6 Å². The number of phenols is 1. The van der Waals surface area contributed by atoms with E-state index in [1.807, 2.05) is 6.07 Å². The lowest BCUT2D eigenvalue weighted by molar-refractivity contribution is 0.409. The number of nitrogens with two attached hydrogens (primary N) is 1. The molecule has 1 atom stereocenters. The van der Waals surface area contributed by atoms with Crippen molar-refractivity contribution in [3.8, 4) is 17.6 Å². The van der Waals surface area contributed by atoms with E-state index in [0.717, 1.165) is 0 Å². The monoisotopic (exact) mass is 228 g/mol. The molecule has 0 saturated carbocycles. The van der Waals surface area contributed by atoms with Crippen molar-refractivity contribution < 1.29 is 9.84 Å². The van der Waals surface area contributed by atoms with Crippen LogP contribution in [0.1, 0.15) is 18.0 Å². The van der Waals surface area contributed by atoms with Gasteiger partial charge in [0, 0.05) is 11.6 Å². The fourth-order valence-electron chi connectivity index (χ4n) is 1.16. The number of phenolic OH excluding ortho intramolecular Hbond substituents is 1. The molecule has 1 aromatic carbocycles. The molecule has 82 valence electrons. The van der Waals surface area contributed by atoms with Gasteiger partial charge in [-0.2, -0.15) is 5.26 Å². The molecule has 0 spiro atoms. The summed E-state index contributed by atoms with van der Waals surface area (Å²) in [6.07, 6.45) is 0.167. The Hall–Kier alpha value is -1.44. The van der Waals surface area contributed by atoms with Crippen LogP contribution >= 0.6 is 12.4 Å². The largest absolute Gasteiger partial charge is 0.508 e. The van der Waals surface area contributed by atoms with E-state index in [-0.39, 0.29) is 24.6 Å². The van der Waals surface area contributed by atoms with E-state index in [0.29, 0.717) is 11.3 Å². The molecule has 1 rings (SSSR count). The summed E-state index contributed by atoms with van der Waals surface area (Å²) in [6.45, 7) is 0. The molecule has 3 N–H and O–H groups in total. The highest BCUT2D eigenvalue weighted by molar-refractivity contribution is 5.85. The van der Waals surface area contributed by atoms with Gasteiger partial charge in [-0.25, -0.2) is 0 Å². The van der Waals surface area contributed by atoms with Gasteiger partial charge in [-0.15, -0.1) is 12.4 Å². The molecule has 0 unspecified atom stereocenters. The SMILES string of the molecule is COc1ccc(O)c([C@H](N)CC#N)c1.Cl. The van der Waals surface area contributed by atoms with Crippen LogP contribution in [0.2, 0.25) is 0 Å². The average Bonchev–Trinajstić information content (AvgIpc) is 2.19. The smallest absolute Gasteiger partial charge is 0.120 e. The lowest BCUT2D eigenvalue weighted by atomic mass is 10.0. The molecular formula is C10H13ClN2O2. The van der Waals surface area contributed by atoms with Gasteiger partial charge in [0.2, 0.25) is 0 Å². The van der Waals surface area contributed by atoms with E-state index in [1.165, 1.54) is 13.2 Å². The number of hydrogen-bond donors (Lipinski definition) is 2. The molecule has 0 aliphatic rings. The van der Waals surface area contributed by atoms with Crippen molar-refractivity contribution in [2.45, 2.75) is 12.5 Å². The van der Waals surface area contributed by atoms with Crippen molar-refractivity contribution >= 4 is 12.4 Å². The number of ether oxygens (including phenoxy) is 1. The second-order valence-electron chi connectivity index (χ2n) is 2.89. The van der Waals surface area contributed by atoms with E-state index in [1.54, 1.807) is 12.1 Å². The first-order chi connectivity index (χ1) is 6.69. The number of nitriles is 1. The summed E-state index contributed by atoms with van der Waals surface area (Å²) >= 11 is 0. The number of benzene rings is 1. The second kappa shape index (κ2) is 6.12. The van der Waals surface area contributed by atoms with Crippen LogP contribution in [-0.4, -0.2) is 12.2 Å². The summed E-state index contributed by atoms with van der Waals surface area (Å²) < 4.78 is 4.99. The maximum atomic E-state index is 9.48. The van der Waals surface area contributed by atoms with Crippen LogP contribution in [0, 0.1) is 11.3 Å². The topological polar surface area (TPSA) is 79.3 Å². The maximum absolute atomic E-state index is 9.48. The molecule has 0 saturated heterocycles. The third-order valence-electron chi connectivity index (χ3n) is 1.95. The van der Waals surface area contributed by atoms with Gasteiger partial charge in [-0.1, -0.05) is 0 Å². The molecule has 0 aliphatic heterocycles. The summed E-state index contributed by atoms with van der Waals surface area (Å²) in [7, 11) is 1.53. The van der Waals surface area contributed by atoms with Crippen molar-refractivity contribution in [3.63, 3.8) is 0 Å². The molecule has 0 bridgehead atoms. The van der Waals surface area contributed by atoms with Gasteiger partial charge in [-0.05, 0) is 18.2 Å². The summed E-state index contributed by atoms with van der Waals surface area (Å²) in [5, 5.41) is 18.0. The predicted molar refractivity (Wildman–Crippen MR) is 59.1 cm³/mol. The Bertz CT molecular complexity index is 363. The van der Waals surface area contributed by atoms with Crippen LogP contribution in [0.3, 0.4) is 0 Å². The lowest BCUT2D eigenvalue weighted by Gasteiger charge is -2.11. The number of methoxy groups -OCH3 is 1. The highest BCUT2D eigenvalue weighted by atomic mass is 35.5. The minimum atomic E-state index is -0.477. The van der Waals surface area contributed by atoms with E-state index >= 15 is 0 Å². The Morgan fingerprint density at radius 1 is 1.60 bits per heavy atom. The Kier molecular flexibility index (Phi) is 5.53. The highest BCUT2D eigenvalue weighted by Gasteiger charge is 2.11. The average molecular weight is 229 g/mol. The van der Waals surface area contributed by atoms with Crippen molar-refractivity contribution in [1.29, 1.82) is 5.26 Å². The molecule has 0 radical (unpaired) electrons. The van der Waals surface area contributed by atoms with Gasteiger partial charge in [-0.3, -0.25) is 0 Å². The van der Waals surface area contributed by atoms with Crippen LogP contribution in [0.4, 0.5) is 0 Å². The highest BCUT2D eigenvalue weighted by Crippen LogP contribution is 2.28. The van der Waals surface area contributed by atoms with E-state index in [2.05, 4.69) is 0 Å². The molecule has 15 heavy (non-hydrogen) atoms. The molecule has 0 amide bonds. The molecule has 0 aromatic heterocycles. The maximum Gasteiger partial charge on any atom is 0.120 e. The molecule has 4 nitrogen and oxygen atoms in total. The van der Waals surface area contributed by atoms with Gasteiger partial charge in [0.25, 0.3) is 0 Å². The van der Waals surface area contributed by atoms with Gasteiger partial charge in [0.1, 0.15) is 11.5 Å². The van der Waals surface area contributed by atoms with Crippen LogP contribution in [0.15, 0.2) is 18.2 Å². The Balaban J connectivity index is 0.00000196. The van der Waals surface area contributed by atoms with Crippen LogP contribution in [-0.2, 0) is 0 Å². The van der Waals surface area contributed by atoms with Crippen molar-refractivity contribution in [2.75, 3.05) is 7.11 Å². The summed E-state index contributed by atoms with van der Waals surface area (Å²) in [6, 6.07) is 6.26. The predicted octanol–water partition coefficient (Wildman–Crippen LogP) is 1.74. The lowest BCUT2D eigenvalue weighted by Crippen LogP contribution is -2.09. The van der Waals surface area contributed by atoms with Gasteiger partial charge in [0.15, 0.2) is 0 Å². The normalized spacial score (nSPS) is 11.0. The molecule has 0 heterocycles. The minimum absolute atomic E-state index is 0. The Morgan fingerprint density at radius 2 is 2.27 bits per heavy atom. The first-order valence-corrected chi connectivity index (χ1v) is 4.18. The molecule has 0 aliphatic carbocycles. The number of hydrogen-bond acceptors (Lipinski definition) is 4. The zero-order chi connectivity index (χ0) is 10.6. The van der Waals surface area contributed by atoms with E-state index < -0.39 is 6.04 Å². The summed E-state index contributed by atoms with van der Waals surface area (Å²) in [4.78, 5) is 0. The minimum Gasteiger partial charge on any atom is -0.508 e. The Labute approximate surface area is 94.7 Å². The number of rotatable bonds is 3. The zero-order valence-electron chi connectivity index (χ0n) is 8.30. The Morgan fingerprint density at radius 3 is 2.80 bits per heavy atom. The van der Waals surface area contributed by atoms with E-state index in [9.17, 15) is 5.11 Å². The quantitative estimate of drug-likeness (QED) is 0.826.